The maximum Gasteiger partial charge on any atom is 0.251 e. The summed E-state index contributed by atoms with van der Waals surface area (Å²) in [5.74, 6) is -0.241. The van der Waals surface area contributed by atoms with Crippen LogP contribution in [0.3, 0.4) is 0 Å². The van der Waals surface area contributed by atoms with Crippen LogP contribution in [0.2, 0.25) is 10.3 Å². The van der Waals surface area contributed by atoms with Crippen molar-refractivity contribution in [2.75, 3.05) is 13.2 Å². The first-order valence-electron chi connectivity index (χ1n) is 4.97. The third-order valence-corrected chi connectivity index (χ3v) is 2.25. The Kier molecular flexibility index (Phi) is 5.80. The van der Waals surface area contributed by atoms with Gasteiger partial charge in [0.1, 0.15) is 10.3 Å². The normalized spacial score (nSPS) is 9.76. The molecule has 1 aromatic heterocycles. The van der Waals surface area contributed by atoms with Gasteiger partial charge in [-0.1, -0.05) is 29.8 Å². The monoisotopic (exact) mass is 274 g/mol. The van der Waals surface area contributed by atoms with Crippen LogP contribution in [0.15, 0.2) is 25.0 Å². The molecule has 4 nitrogen and oxygen atoms in total. The Morgan fingerprint density at radius 3 is 2.71 bits per heavy atom. The first kappa shape index (κ1) is 13.8. The van der Waals surface area contributed by atoms with E-state index in [2.05, 4.69) is 16.9 Å². The molecule has 1 heterocycles. The first-order chi connectivity index (χ1) is 8.13. The molecule has 0 saturated carbocycles. The van der Waals surface area contributed by atoms with Crippen LogP contribution in [0.25, 0.3) is 0 Å². The van der Waals surface area contributed by atoms with E-state index in [1.54, 1.807) is 0 Å². The van der Waals surface area contributed by atoms with Crippen molar-refractivity contribution in [1.29, 1.82) is 0 Å². The zero-order chi connectivity index (χ0) is 12.7. The van der Waals surface area contributed by atoms with Gasteiger partial charge >= 0.3 is 0 Å². The number of nitrogens with one attached hydrogen (secondary N) is 1. The second kappa shape index (κ2) is 7.14. The summed E-state index contributed by atoms with van der Waals surface area (Å²) in [6, 6.07) is 2.92. The Balaban J connectivity index is 2.44. The quantitative estimate of drug-likeness (QED) is 0.493. The number of hydrogen-bond donors (Lipinski definition) is 1. The minimum atomic E-state index is -0.241. The summed E-state index contributed by atoms with van der Waals surface area (Å²) in [4.78, 5) is 15.4. The van der Waals surface area contributed by atoms with Crippen molar-refractivity contribution in [3.05, 3.63) is 40.8 Å². The van der Waals surface area contributed by atoms with Crippen molar-refractivity contribution >= 4 is 29.1 Å². The zero-order valence-corrected chi connectivity index (χ0v) is 10.6. The van der Waals surface area contributed by atoms with Crippen molar-refractivity contribution in [3.63, 3.8) is 0 Å². The molecule has 0 saturated heterocycles. The van der Waals surface area contributed by atoms with E-state index >= 15 is 0 Å². The lowest BCUT2D eigenvalue weighted by molar-refractivity contribution is 0.0950. The number of aromatic nitrogens is 1. The lowest BCUT2D eigenvalue weighted by Crippen LogP contribution is -2.25. The average Bonchev–Trinajstić information content (AvgIpc) is 2.27. The summed E-state index contributed by atoms with van der Waals surface area (Å²) in [5, 5.41) is 3.10. The van der Waals surface area contributed by atoms with E-state index in [0.29, 0.717) is 25.1 Å². The second-order valence-electron chi connectivity index (χ2n) is 3.15. The van der Waals surface area contributed by atoms with Gasteiger partial charge in [0.2, 0.25) is 0 Å². The molecule has 1 amide bonds. The minimum Gasteiger partial charge on any atom is -0.502 e. The number of nitrogens with zero attached hydrogens (tertiary/aromatic N) is 1. The van der Waals surface area contributed by atoms with E-state index in [0.717, 1.165) is 0 Å². The number of halogens is 2. The molecule has 0 atom stereocenters. The number of carbonyl (C=O) groups is 1. The highest BCUT2D eigenvalue weighted by Gasteiger charge is 2.07. The van der Waals surface area contributed by atoms with Crippen LogP contribution in [-0.4, -0.2) is 24.0 Å². The second-order valence-corrected chi connectivity index (χ2v) is 3.92. The van der Waals surface area contributed by atoms with E-state index < -0.39 is 0 Å². The topological polar surface area (TPSA) is 51.2 Å². The molecule has 6 heteroatoms. The molecule has 1 N–H and O–H groups in total. The van der Waals surface area contributed by atoms with Crippen LogP contribution in [0.4, 0.5) is 0 Å². The number of amides is 1. The van der Waals surface area contributed by atoms with Crippen LogP contribution >= 0.6 is 23.2 Å². The molecule has 0 radical (unpaired) electrons. The average molecular weight is 275 g/mol. The van der Waals surface area contributed by atoms with Crippen molar-refractivity contribution in [2.24, 2.45) is 0 Å². The van der Waals surface area contributed by atoms with E-state index in [1.807, 2.05) is 0 Å². The van der Waals surface area contributed by atoms with E-state index in [-0.39, 0.29) is 16.2 Å². The lowest BCUT2D eigenvalue weighted by Gasteiger charge is -2.05. The summed E-state index contributed by atoms with van der Waals surface area (Å²) in [5.41, 5.74) is 0.389. The smallest absolute Gasteiger partial charge is 0.251 e. The lowest BCUT2D eigenvalue weighted by atomic mass is 10.2. The number of rotatable bonds is 6. The van der Waals surface area contributed by atoms with Crippen LogP contribution < -0.4 is 5.32 Å². The fourth-order valence-corrected chi connectivity index (χ4v) is 1.60. The van der Waals surface area contributed by atoms with Crippen molar-refractivity contribution < 1.29 is 9.53 Å². The molecule has 0 spiro atoms. The maximum absolute atomic E-state index is 11.7. The highest BCUT2D eigenvalue weighted by Crippen LogP contribution is 2.14. The standard InChI is InChI=1S/C11H12Cl2N2O2/c1-2-17-5-3-4-14-11(16)8-6-9(12)15-10(13)7-8/h2,6-7H,1,3-5H2,(H,14,16). The van der Waals surface area contributed by atoms with Crippen LogP contribution in [0.5, 0.6) is 0 Å². The van der Waals surface area contributed by atoms with Gasteiger partial charge in [-0.05, 0) is 18.6 Å². The maximum atomic E-state index is 11.7. The predicted molar refractivity (Wildman–Crippen MR) is 67.4 cm³/mol. The van der Waals surface area contributed by atoms with Crippen LogP contribution in [-0.2, 0) is 4.74 Å². The predicted octanol–water partition coefficient (Wildman–Crippen LogP) is 2.67. The van der Waals surface area contributed by atoms with Gasteiger partial charge in [0.25, 0.3) is 5.91 Å². The van der Waals surface area contributed by atoms with Crippen molar-refractivity contribution in [1.82, 2.24) is 10.3 Å². The molecule has 1 rings (SSSR count). The van der Waals surface area contributed by atoms with Gasteiger partial charge in [-0.15, -0.1) is 0 Å². The summed E-state index contributed by atoms with van der Waals surface area (Å²) in [7, 11) is 0. The Morgan fingerprint density at radius 1 is 1.47 bits per heavy atom. The Hall–Kier alpha value is -1.26. The summed E-state index contributed by atoms with van der Waals surface area (Å²) in [6.45, 7) is 4.43. The number of carbonyl (C=O) groups excluding carboxylic acids is 1. The Bertz CT molecular complexity index is 390. The largest absolute Gasteiger partial charge is 0.502 e. The molecule has 1 aromatic rings. The molecular weight excluding hydrogens is 263 g/mol. The molecule has 0 aliphatic carbocycles. The van der Waals surface area contributed by atoms with E-state index in [9.17, 15) is 4.79 Å². The Morgan fingerprint density at radius 2 is 2.12 bits per heavy atom. The minimum absolute atomic E-state index is 0.192. The van der Waals surface area contributed by atoms with Crippen molar-refractivity contribution in [3.8, 4) is 0 Å². The number of ether oxygens (including phenoxy) is 1. The third-order valence-electron chi connectivity index (χ3n) is 1.87. The van der Waals surface area contributed by atoms with Crippen molar-refractivity contribution in [2.45, 2.75) is 6.42 Å². The zero-order valence-electron chi connectivity index (χ0n) is 9.08. The SMILES string of the molecule is C=COCCCNC(=O)c1cc(Cl)nc(Cl)c1. The Labute approximate surface area is 110 Å². The fourth-order valence-electron chi connectivity index (χ4n) is 1.14. The first-order valence-corrected chi connectivity index (χ1v) is 5.73. The molecule has 0 aliphatic heterocycles. The van der Waals surface area contributed by atoms with E-state index in [4.69, 9.17) is 27.9 Å². The highest BCUT2D eigenvalue weighted by atomic mass is 35.5. The molecular formula is C11H12Cl2N2O2. The molecule has 0 bridgehead atoms. The highest BCUT2D eigenvalue weighted by molar-refractivity contribution is 6.33. The van der Waals surface area contributed by atoms with Gasteiger partial charge in [0.05, 0.1) is 12.9 Å². The molecule has 92 valence electrons. The summed E-state index contributed by atoms with van der Waals surface area (Å²) >= 11 is 11.4. The molecule has 0 aliphatic rings. The third kappa shape index (κ3) is 5.06. The van der Waals surface area contributed by atoms with Gasteiger partial charge < -0.3 is 10.1 Å². The fraction of sp³-hybridized carbons (Fsp3) is 0.273. The summed E-state index contributed by atoms with van der Waals surface area (Å²) in [6.07, 6.45) is 2.06. The number of hydrogen-bond acceptors (Lipinski definition) is 3. The summed E-state index contributed by atoms with van der Waals surface area (Å²) < 4.78 is 4.92. The van der Waals surface area contributed by atoms with E-state index in [1.165, 1.54) is 18.4 Å². The molecule has 0 aromatic carbocycles. The van der Waals surface area contributed by atoms with Gasteiger partial charge in [0.15, 0.2) is 0 Å². The molecule has 0 fully saturated rings. The van der Waals surface area contributed by atoms with Gasteiger partial charge in [-0.3, -0.25) is 4.79 Å². The van der Waals surface area contributed by atoms with Gasteiger partial charge in [-0.2, -0.15) is 0 Å². The molecule has 0 unspecified atom stereocenters. The van der Waals surface area contributed by atoms with Crippen LogP contribution in [0, 0.1) is 0 Å². The van der Waals surface area contributed by atoms with Crippen LogP contribution in [0.1, 0.15) is 16.8 Å². The van der Waals surface area contributed by atoms with Gasteiger partial charge in [-0.25, -0.2) is 4.98 Å². The number of pyridine rings is 1. The molecule has 17 heavy (non-hydrogen) atoms. The van der Waals surface area contributed by atoms with Gasteiger partial charge in [0, 0.05) is 12.1 Å².